The molecule has 4 aromatic heterocycles. The molecule has 0 radical (unpaired) electrons. The van der Waals surface area contributed by atoms with Gasteiger partial charge >= 0.3 is 0 Å². The summed E-state index contributed by atoms with van der Waals surface area (Å²) in [5.41, 5.74) is 6.08. The van der Waals surface area contributed by atoms with Crippen molar-refractivity contribution in [1.82, 2.24) is 23.5 Å². The third-order valence-electron chi connectivity index (χ3n) is 9.68. The van der Waals surface area contributed by atoms with Crippen molar-refractivity contribution in [2.24, 2.45) is 0 Å². The molecule has 242 valence electrons. The molecule has 0 N–H and O–H groups in total. The van der Waals surface area contributed by atoms with Gasteiger partial charge in [-0.1, -0.05) is 115 Å². The van der Waals surface area contributed by atoms with Crippen molar-refractivity contribution in [1.29, 1.82) is 0 Å². The van der Waals surface area contributed by atoms with Gasteiger partial charge in [0.1, 0.15) is 5.82 Å². The van der Waals surface area contributed by atoms with Crippen molar-refractivity contribution in [2.45, 2.75) is 14.9 Å². The summed E-state index contributed by atoms with van der Waals surface area (Å²) in [4.78, 5) is 18.3. The van der Waals surface area contributed by atoms with E-state index in [2.05, 4.69) is 178 Å². The number of benzene rings is 6. The molecule has 0 fully saturated rings. The van der Waals surface area contributed by atoms with Crippen LogP contribution >= 0.6 is 10.2 Å². The van der Waals surface area contributed by atoms with Crippen LogP contribution in [-0.4, -0.2) is 23.5 Å². The van der Waals surface area contributed by atoms with Gasteiger partial charge in [0.15, 0.2) is 5.16 Å². The van der Waals surface area contributed by atoms with Gasteiger partial charge in [-0.3, -0.25) is 8.54 Å². The molecule has 0 saturated heterocycles. The lowest BCUT2D eigenvalue weighted by molar-refractivity contribution is 0.933. The maximum atomic E-state index is 5.52. The Morgan fingerprint density at radius 3 is 1.37 bits per heavy atom. The molecule has 0 spiro atoms. The van der Waals surface area contributed by atoms with Crippen molar-refractivity contribution in [3.63, 3.8) is 0 Å². The molecule has 5 nitrogen and oxygen atoms in total. The summed E-state index contributed by atoms with van der Waals surface area (Å²) in [6.45, 7) is 0. The minimum Gasteiger partial charge on any atom is -0.294 e. The highest BCUT2D eigenvalue weighted by molar-refractivity contribution is 8.32. The molecule has 4 heterocycles. The van der Waals surface area contributed by atoms with Crippen LogP contribution < -0.4 is 0 Å². The van der Waals surface area contributed by atoms with Gasteiger partial charge in [-0.15, -0.1) is 0 Å². The number of para-hydroxylation sites is 4. The average Bonchev–Trinajstić information content (AvgIpc) is 3.73. The first-order valence-electron chi connectivity index (χ1n) is 17.0. The third kappa shape index (κ3) is 4.47. The van der Waals surface area contributed by atoms with Gasteiger partial charge in [-0.2, -0.15) is 0 Å². The van der Waals surface area contributed by atoms with E-state index in [1.54, 1.807) is 0 Å². The Labute approximate surface area is 296 Å². The molecular formula is C45H31N5S. The van der Waals surface area contributed by atoms with Crippen LogP contribution in [0.15, 0.2) is 203 Å². The first kappa shape index (κ1) is 29.4. The number of nitrogens with zero attached hydrogens (tertiary/aromatic N) is 5. The van der Waals surface area contributed by atoms with Crippen LogP contribution in [0.4, 0.5) is 0 Å². The summed E-state index contributed by atoms with van der Waals surface area (Å²) in [5, 5.41) is 5.56. The minimum absolute atomic E-state index is 0.743. The molecule has 0 bridgehead atoms. The van der Waals surface area contributed by atoms with Crippen LogP contribution in [-0.2, 0) is 0 Å². The number of aromatic nitrogens is 5. The van der Waals surface area contributed by atoms with Crippen LogP contribution in [0.3, 0.4) is 0 Å². The number of fused-ring (bicyclic) bond motifs is 6. The second-order valence-corrected chi connectivity index (χ2v) is 15.3. The highest BCUT2D eigenvalue weighted by Gasteiger charge is 2.38. The largest absolute Gasteiger partial charge is 0.294 e. The van der Waals surface area contributed by atoms with Crippen LogP contribution in [0.25, 0.3) is 60.8 Å². The highest BCUT2D eigenvalue weighted by Crippen LogP contribution is 2.69. The summed E-state index contributed by atoms with van der Waals surface area (Å²) in [6.07, 6.45) is 1.90. The van der Waals surface area contributed by atoms with Gasteiger partial charge in [-0.25, -0.2) is 15.0 Å². The number of hydrogen-bond acceptors (Lipinski definition) is 3. The maximum absolute atomic E-state index is 5.52. The van der Waals surface area contributed by atoms with E-state index in [-0.39, 0.29) is 0 Å². The molecule has 0 unspecified atom stereocenters. The predicted molar refractivity (Wildman–Crippen MR) is 210 cm³/mol. The third-order valence-corrected chi connectivity index (χ3v) is 13.3. The van der Waals surface area contributed by atoms with Crippen molar-refractivity contribution >= 4 is 53.8 Å². The summed E-state index contributed by atoms with van der Waals surface area (Å²) in [7, 11) is -2.30. The van der Waals surface area contributed by atoms with Crippen LogP contribution in [0.1, 0.15) is 0 Å². The number of pyridine rings is 1. The molecule has 0 amide bonds. The number of rotatable bonds is 6. The Bertz CT molecular complexity index is 2730. The fourth-order valence-corrected chi connectivity index (χ4v) is 11.3. The van der Waals surface area contributed by atoms with E-state index in [0.717, 1.165) is 54.2 Å². The molecule has 0 aliphatic rings. The van der Waals surface area contributed by atoms with E-state index < -0.39 is 10.2 Å². The zero-order valence-electron chi connectivity index (χ0n) is 27.5. The van der Waals surface area contributed by atoms with E-state index >= 15 is 0 Å². The summed E-state index contributed by atoms with van der Waals surface area (Å²) in [5.74, 6) is 0.845. The predicted octanol–water partition coefficient (Wildman–Crippen LogP) is 11.5. The Hall–Kier alpha value is -6.50. The van der Waals surface area contributed by atoms with Crippen molar-refractivity contribution in [2.75, 3.05) is 0 Å². The van der Waals surface area contributed by atoms with Crippen LogP contribution in [0.2, 0.25) is 0 Å². The highest BCUT2D eigenvalue weighted by atomic mass is 32.3. The Balaban J connectivity index is 1.26. The molecule has 10 rings (SSSR count). The lowest BCUT2D eigenvalue weighted by Gasteiger charge is -2.41. The Kier molecular flexibility index (Phi) is 6.82. The fourth-order valence-electron chi connectivity index (χ4n) is 7.54. The fraction of sp³-hybridized carbons (Fsp3) is 0. The lowest BCUT2D eigenvalue weighted by atomic mass is 10.2. The van der Waals surface area contributed by atoms with Gasteiger partial charge < -0.3 is 0 Å². The Morgan fingerprint density at radius 2 is 0.824 bits per heavy atom. The molecule has 10 aromatic rings. The van der Waals surface area contributed by atoms with Gasteiger partial charge in [0.2, 0.25) is 0 Å². The molecule has 51 heavy (non-hydrogen) atoms. The quantitative estimate of drug-likeness (QED) is 0.165. The summed E-state index contributed by atoms with van der Waals surface area (Å²) < 4.78 is 4.77. The molecule has 6 heteroatoms. The van der Waals surface area contributed by atoms with E-state index in [1.165, 1.54) is 21.5 Å². The van der Waals surface area contributed by atoms with Gasteiger partial charge in [0, 0.05) is 37.5 Å². The smallest absolute Gasteiger partial charge is 0.196 e. The van der Waals surface area contributed by atoms with E-state index in [4.69, 9.17) is 15.0 Å². The van der Waals surface area contributed by atoms with E-state index in [1.807, 2.05) is 18.3 Å². The standard InChI is InChI=1S/C45H31N5S/c1-3-16-32(17-4-1)51(33-18-5-2-6-19-33,50-42-27-13-9-22-36(42)37-23-10-14-28-43(37)50)45-46-31-30-39(48-45)38-24-15-29-44(47-38)49-40-25-11-7-20-34(40)35-21-8-12-26-41(35)49/h1-31H. The maximum Gasteiger partial charge on any atom is 0.196 e. The summed E-state index contributed by atoms with van der Waals surface area (Å²) >= 11 is 0. The zero-order valence-corrected chi connectivity index (χ0v) is 28.4. The first-order valence-corrected chi connectivity index (χ1v) is 18.6. The average molecular weight is 674 g/mol. The zero-order chi connectivity index (χ0) is 33.8. The van der Waals surface area contributed by atoms with Gasteiger partial charge in [0.05, 0.1) is 33.5 Å². The molecule has 0 atom stereocenters. The molecular weight excluding hydrogens is 643 g/mol. The second-order valence-electron chi connectivity index (χ2n) is 12.5. The van der Waals surface area contributed by atoms with Crippen molar-refractivity contribution < 1.29 is 0 Å². The molecule has 0 aliphatic carbocycles. The Morgan fingerprint density at radius 1 is 0.373 bits per heavy atom. The van der Waals surface area contributed by atoms with E-state index in [9.17, 15) is 0 Å². The molecule has 0 saturated carbocycles. The molecule has 0 aliphatic heterocycles. The van der Waals surface area contributed by atoms with Gasteiger partial charge in [0.25, 0.3) is 0 Å². The van der Waals surface area contributed by atoms with Crippen LogP contribution in [0.5, 0.6) is 0 Å². The molecule has 6 aromatic carbocycles. The van der Waals surface area contributed by atoms with Crippen molar-refractivity contribution in [3.8, 4) is 17.2 Å². The monoisotopic (exact) mass is 673 g/mol. The topological polar surface area (TPSA) is 48.5 Å². The van der Waals surface area contributed by atoms with E-state index in [0.29, 0.717) is 0 Å². The number of hydrogen-bond donors (Lipinski definition) is 0. The minimum atomic E-state index is -2.30. The SMILES string of the molecule is c1ccc(S(c2ccccc2)(c2nccc(-c3cccc(-n4c5ccccc5c5ccccc54)n3)n2)n2c3ccccc3c3ccccc32)cc1. The van der Waals surface area contributed by atoms with Crippen molar-refractivity contribution in [3.05, 3.63) is 188 Å². The van der Waals surface area contributed by atoms with Crippen LogP contribution in [0, 0.1) is 0 Å². The lowest BCUT2D eigenvalue weighted by Crippen LogP contribution is -2.16. The first-order chi connectivity index (χ1) is 25.3. The van der Waals surface area contributed by atoms with Gasteiger partial charge in [-0.05, 0) is 76.9 Å². The summed E-state index contributed by atoms with van der Waals surface area (Å²) in [6, 6.07) is 64.1. The normalized spacial score (nSPS) is 12.2. The second kappa shape index (κ2) is 11.8.